The number of primary amides is 2. The molecule has 4 aromatic carbocycles. The summed E-state index contributed by atoms with van der Waals surface area (Å²) in [6.07, 6.45) is 0. The molecule has 38 heavy (non-hydrogen) atoms. The average Bonchev–Trinajstić information content (AvgIpc) is 2.91. The van der Waals surface area contributed by atoms with Crippen LogP contribution in [-0.4, -0.2) is 35.4 Å². The largest absolute Gasteiger partial charge is 0.366 e. The predicted octanol–water partition coefficient (Wildman–Crippen LogP) is 2.64. The standard InChI is InChI=1S/C28H16N4O6/c29-23(33)13-5-1-3-7-19(13)31-25(35)15-9-11-17-22-18(12-10-16(21(15)22)26(31)36)28(38)32(27(17)37)20-8-4-2-6-14(20)24(30)34/h1-12H,(H2,29,33)(H2,30,34). The van der Waals surface area contributed by atoms with Gasteiger partial charge in [-0.2, -0.15) is 0 Å². The molecule has 4 N–H and O–H groups in total. The summed E-state index contributed by atoms with van der Waals surface area (Å²) in [6, 6.07) is 17.5. The molecule has 0 aliphatic carbocycles. The molecule has 0 radical (unpaired) electrons. The van der Waals surface area contributed by atoms with E-state index < -0.39 is 35.4 Å². The van der Waals surface area contributed by atoms with Gasteiger partial charge in [-0.05, 0) is 48.5 Å². The highest BCUT2D eigenvalue weighted by Crippen LogP contribution is 2.40. The van der Waals surface area contributed by atoms with Crippen LogP contribution in [0, 0.1) is 0 Å². The average molecular weight is 504 g/mol. The summed E-state index contributed by atoms with van der Waals surface area (Å²) >= 11 is 0. The molecule has 10 heteroatoms. The van der Waals surface area contributed by atoms with Gasteiger partial charge in [0.1, 0.15) is 0 Å². The number of rotatable bonds is 4. The van der Waals surface area contributed by atoms with E-state index >= 15 is 0 Å². The van der Waals surface area contributed by atoms with E-state index in [1.807, 2.05) is 0 Å². The summed E-state index contributed by atoms with van der Waals surface area (Å²) in [4.78, 5) is 80.2. The number of carbonyl (C=O) groups excluding carboxylic acids is 6. The third-order valence-corrected chi connectivity index (χ3v) is 6.72. The molecule has 0 atom stereocenters. The first-order valence-electron chi connectivity index (χ1n) is 11.4. The fourth-order valence-corrected chi connectivity index (χ4v) is 5.07. The molecule has 2 heterocycles. The smallest absolute Gasteiger partial charge is 0.266 e. The van der Waals surface area contributed by atoms with E-state index in [-0.39, 0.29) is 55.5 Å². The van der Waals surface area contributed by atoms with Gasteiger partial charge in [0.25, 0.3) is 35.4 Å². The molecule has 2 aliphatic rings. The number of para-hydroxylation sites is 2. The number of hydrogen-bond donors (Lipinski definition) is 2. The normalized spacial score (nSPS) is 14.3. The highest BCUT2D eigenvalue weighted by molar-refractivity contribution is 6.42. The van der Waals surface area contributed by atoms with Gasteiger partial charge in [-0.15, -0.1) is 0 Å². The first-order valence-corrected chi connectivity index (χ1v) is 11.4. The van der Waals surface area contributed by atoms with Crippen molar-refractivity contribution in [2.24, 2.45) is 11.5 Å². The maximum absolute atomic E-state index is 13.6. The second-order valence-electron chi connectivity index (χ2n) is 8.73. The molecular formula is C28H16N4O6. The molecule has 2 aliphatic heterocycles. The minimum Gasteiger partial charge on any atom is -0.366 e. The molecule has 6 amide bonds. The zero-order valence-corrected chi connectivity index (χ0v) is 19.4. The van der Waals surface area contributed by atoms with Crippen LogP contribution < -0.4 is 21.3 Å². The first kappa shape index (κ1) is 22.8. The van der Waals surface area contributed by atoms with Crippen LogP contribution in [0.5, 0.6) is 0 Å². The number of hydrogen-bond acceptors (Lipinski definition) is 6. The van der Waals surface area contributed by atoms with Crippen LogP contribution >= 0.6 is 0 Å². The third-order valence-electron chi connectivity index (χ3n) is 6.72. The van der Waals surface area contributed by atoms with Crippen LogP contribution in [0.3, 0.4) is 0 Å². The predicted molar refractivity (Wildman–Crippen MR) is 136 cm³/mol. The van der Waals surface area contributed by atoms with Crippen molar-refractivity contribution in [3.8, 4) is 0 Å². The van der Waals surface area contributed by atoms with Crippen molar-refractivity contribution in [3.63, 3.8) is 0 Å². The fourth-order valence-electron chi connectivity index (χ4n) is 5.07. The second kappa shape index (κ2) is 7.93. The Labute approximate surface area is 214 Å². The summed E-state index contributed by atoms with van der Waals surface area (Å²) < 4.78 is 0. The van der Waals surface area contributed by atoms with E-state index in [4.69, 9.17) is 11.5 Å². The molecule has 0 bridgehead atoms. The molecule has 4 aromatic rings. The number of nitrogens with zero attached hydrogens (tertiary/aromatic N) is 2. The second-order valence-corrected chi connectivity index (χ2v) is 8.73. The van der Waals surface area contributed by atoms with Crippen LogP contribution in [-0.2, 0) is 0 Å². The Morgan fingerprint density at radius 2 is 0.763 bits per heavy atom. The minimum atomic E-state index is -0.815. The van der Waals surface area contributed by atoms with Crippen molar-refractivity contribution >= 4 is 57.6 Å². The Balaban J connectivity index is 1.56. The molecule has 0 fully saturated rings. The van der Waals surface area contributed by atoms with Crippen molar-refractivity contribution in [3.05, 3.63) is 106 Å². The number of anilines is 2. The van der Waals surface area contributed by atoms with E-state index in [0.717, 1.165) is 9.80 Å². The van der Waals surface area contributed by atoms with Gasteiger partial charge in [0.15, 0.2) is 0 Å². The number of amides is 6. The molecule has 6 rings (SSSR count). The number of carbonyl (C=O) groups is 6. The van der Waals surface area contributed by atoms with Crippen molar-refractivity contribution in [2.45, 2.75) is 0 Å². The van der Waals surface area contributed by atoms with Crippen LogP contribution in [0.15, 0.2) is 72.8 Å². The van der Waals surface area contributed by atoms with Crippen molar-refractivity contribution in [1.29, 1.82) is 0 Å². The lowest BCUT2D eigenvalue weighted by molar-refractivity contribution is 0.0871. The Kier molecular flexibility index (Phi) is 4.76. The lowest BCUT2D eigenvalue weighted by atomic mass is 9.85. The summed E-state index contributed by atoms with van der Waals surface area (Å²) in [5, 5.41) is 0.319. The van der Waals surface area contributed by atoms with E-state index in [9.17, 15) is 28.8 Å². The van der Waals surface area contributed by atoms with E-state index in [0.29, 0.717) is 0 Å². The maximum atomic E-state index is 13.6. The zero-order chi connectivity index (χ0) is 26.9. The number of nitrogens with two attached hydrogens (primary N) is 2. The van der Waals surface area contributed by atoms with E-state index in [1.54, 1.807) is 24.3 Å². The van der Waals surface area contributed by atoms with Crippen molar-refractivity contribution < 1.29 is 28.8 Å². The van der Waals surface area contributed by atoms with Gasteiger partial charge in [0.05, 0.1) is 22.5 Å². The van der Waals surface area contributed by atoms with Gasteiger partial charge in [0.2, 0.25) is 0 Å². The molecule has 0 unspecified atom stereocenters. The SMILES string of the molecule is NC(=O)c1ccccc1N1C(=O)c2ccc3c4c(ccc(c24)C1=O)C(=O)N(c1ccccc1C(N)=O)C3=O. The van der Waals surface area contributed by atoms with Crippen molar-refractivity contribution in [1.82, 2.24) is 0 Å². The van der Waals surface area contributed by atoms with Gasteiger partial charge < -0.3 is 11.5 Å². The quantitative estimate of drug-likeness (QED) is 0.406. The lowest BCUT2D eigenvalue weighted by Gasteiger charge is -2.32. The third kappa shape index (κ3) is 2.94. The zero-order valence-electron chi connectivity index (χ0n) is 19.4. The molecule has 10 nitrogen and oxygen atoms in total. The Hall–Kier alpha value is -5.64. The lowest BCUT2D eigenvalue weighted by Crippen LogP contribution is -2.44. The molecule has 184 valence electrons. The topological polar surface area (TPSA) is 161 Å². The van der Waals surface area contributed by atoms with E-state index in [1.165, 1.54) is 48.5 Å². The Morgan fingerprint density at radius 3 is 1.05 bits per heavy atom. The van der Waals surface area contributed by atoms with Crippen LogP contribution in [0.2, 0.25) is 0 Å². The summed E-state index contributed by atoms with van der Waals surface area (Å²) in [6.45, 7) is 0. The van der Waals surface area contributed by atoms with Crippen molar-refractivity contribution in [2.75, 3.05) is 9.80 Å². The van der Waals surface area contributed by atoms with E-state index in [2.05, 4.69) is 0 Å². The number of benzene rings is 4. The molecule has 0 spiro atoms. The van der Waals surface area contributed by atoms with Crippen LogP contribution in [0.1, 0.15) is 62.1 Å². The Bertz CT molecular complexity index is 1620. The van der Waals surface area contributed by atoms with Gasteiger partial charge in [-0.25, -0.2) is 9.80 Å². The van der Waals surface area contributed by atoms with Gasteiger partial charge >= 0.3 is 0 Å². The molecule has 0 saturated heterocycles. The summed E-state index contributed by atoms with van der Waals surface area (Å²) in [5.74, 6) is -4.57. The molecule has 0 saturated carbocycles. The first-order chi connectivity index (χ1) is 18.2. The fraction of sp³-hybridized carbons (Fsp3) is 0. The minimum absolute atomic E-state index is 0.0163. The number of imide groups is 2. The summed E-state index contributed by atoms with van der Waals surface area (Å²) in [5.41, 5.74) is 11.3. The van der Waals surface area contributed by atoms with Crippen LogP contribution in [0.4, 0.5) is 11.4 Å². The van der Waals surface area contributed by atoms with Gasteiger partial charge in [-0.3, -0.25) is 28.8 Å². The highest BCUT2D eigenvalue weighted by atomic mass is 16.2. The Morgan fingerprint density at radius 1 is 0.474 bits per heavy atom. The van der Waals surface area contributed by atoms with Crippen LogP contribution in [0.25, 0.3) is 10.8 Å². The molecule has 0 aromatic heterocycles. The summed E-state index contributed by atoms with van der Waals surface area (Å²) in [7, 11) is 0. The monoisotopic (exact) mass is 504 g/mol. The van der Waals surface area contributed by atoms with Gasteiger partial charge in [0, 0.05) is 33.0 Å². The maximum Gasteiger partial charge on any atom is 0.266 e. The molecular weight excluding hydrogens is 488 g/mol. The van der Waals surface area contributed by atoms with Gasteiger partial charge in [-0.1, -0.05) is 24.3 Å². The highest BCUT2D eigenvalue weighted by Gasteiger charge is 2.41.